The first-order valence-corrected chi connectivity index (χ1v) is 14.0. The molecule has 0 radical (unpaired) electrons. The number of anilines is 1. The lowest BCUT2D eigenvalue weighted by Gasteiger charge is -2.19. The topological polar surface area (TPSA) is 121 Å². The number of carboxylic acids is 1. The van der Waals surface area contributed by atoms with Crippen molar-refractivity contribution < 1.29 is 14.6 Å². The molecule has 2 saturated carbocycles. The van der Waals surface area contributed by atoms with Crippen molar-refractivity contribution in [3.05, 3.63) is 52.3 Å². The van der Waals surface area contributed by atoms with Gasteiger partial charge in [-0.3, -0.25) is 4.98 Å². The first kappa shape index (κ1) is 24.9. The number of aromatic nitrogens is 5. The van der Waals surface area contributed by atoms with Gasteiger partial charge in [-0.25, -0.2) is 14.5 Å². The molecule has 1 aromatic carbocycles. The maximum absolute atomic E-state index is 11.6. The van der Waals surface area contributed by atoms with E-state index in [0.717, 1.165) is 53.3 Å². The predicted octanol–water partition coefficient (Wildman–Crippen LogP) is 5.87. The van der Waals surface area contributed by atoms with Crippen molar-refractivity contribution >= 4 is 38.9 Å². The van der Waals surface area contributed by atoms with Crippen LogP contribution in [0.15, 0.2) is 41.0 Å². The van der Waals surface area contributed by atoms with E-state index in [1.807, 2.05) is 16.8 Å². The van der Waals surface area contributed by atoms with Crippen LogP contribution in [0.2, 0.25) is 0 Å². The number of carboxylic acid groups (broad SMARTS) is 1. The van der Waals surface area contributed by atoms with E-state index in [1.54, 1.807) is 25.3 Å². The number of ether oxygens (including phenoxy) is 1. The summed E-state index contributed by atoms with van der Waals surface area (Å²) in [6.07, 6.45) is 8.33. The van der Waals surface area contributed by atoms with E-state index >= 15 is 0 Å². The highest BCUT2D eigenvalue weighted by atomic mass is 79.9. The van der Waals surface area contributed by atoms with Gasteiger partial charge in [-0.15, -0.1) is 0 Å². The van der Waals surface area contributed by atoms with Gasteiger partial charge in [0.25, 0.3) is 0 Å². The lowest BCUT2D eigenvalue weighted by Crippen LogP contribution is -2.16. The van der Waals surface area contributed by atoms with Gasteiger partial charge in [-0.05, 0) is 87.6 Å². The number of rotatable bonds is 11. The fourth-order valence-electron chi connectivity index (χ4n) is 5.29. The molecule has 3 aromatic heterocycles. The van der Waals surface area contributed by atoms with Crippen molar-refractivity contribution in [3.63, 3.8) is 0 Å². The van der Waals surface area contributed by atoms with Crippen molar-refractivity contribution in [2.75, 3.05) is 12.3 Å². The standard InChI is InChI=1S/C28H31BrN6O3/c1-16-11-19(27(36)37)12-23(32-16)22-14-31-35(21-7-8-21)26(22)38-10-2-3-18(17-4-5-17)15-34-25-9-6-20(29)13-24(25)33-28(34)30/h6,9,11-14,17-18,21H,2-5,7-8,10,15H2,1H3,(H2,30,33)(H,36,37)/t18-/m1/s1. The minimum atomic E-state index is -0.973. The molecule has 4 aromatic rings. The van der Waals surface area contributed by atoms with E-state index < -0.39 is 5.97 Å². The van der Waals surface area contributed by atoms with Crippen LogP contribution in [-0.2, 0) is 6.54 Å². The summed E-state index contributed by atoms with van der Waals surface area (Å²) in [6, 6.07) is 9.61. The minimum absolute atomic E-state index is 0.212. The van der Waals surface area contributed by atoms with Crippen LogP contribution in [0.5, 0.6) is 5.88 Å². The number of aryl methyl sites for hydroxylation is 1. The van der Waals surface area contributed by atoms with Crippen molar-refractivity contribution in [1.29, 1.82) is 0 Å². The third kappa shape index (κ3) is 5.14. The van der Waals surface area contributed by atoms with Crippen molar-refractivity contribution in [3.8, 4) is 17.1 Å². The van der Waals surface area contributed by atoms with Crippen LogP contribution in [0.3, 0.4) is 0 Å². The number of hydrogen-bond acceptors (Lipinski definition) is 6. The first-order chi connectivity index (χ1) is 18.4. The molecule has 6 rings (SSSR count). The van der Waals surface area contributed by atoms with Crippen molar-refractivity contribution in [1.82, 2.24) is 24.3 Å². The van der Waals surface area contributed by atoms with Crippen LogP contribution in [0.25, 0.3) is 22.3 Å². The molecule has 0 saturated heterocycles. The van der Waals surface area contributed by atoms with Gasteiger partial charge in [0.2, 0.25) is 11.8 Å². The maximum Gasteiger partial charge on any atom is 0.335 e. The third-order valence-electron chi connectivity index (χ3n) is 7.52. The number of halogens is 1. The second-order valence-electron chi connectivity index (χ2n) is 10.5. The summed E-state index contributed by atoms with van der Waals surface area (Å²) < 4.78 is 11.4. The number of nitrogens with zero attached hydrogens (tertiary/aromatic N) is 5. The summed E-state index contributed by atoms with van der Waals surface area (Å²) in [5.74, 6) is 1.48. The number of pyridine rings is 1. The average molecular weight is 579 g/mol. The van der Waals surface area contributed by atoms with Gasteiger partial charge in [0.1, 0.15) is 0 Å². The summed E-state index contributed by atoms with van der Waals surface area (Å²) in [5.41, 5.74) is 10.5. The number of imidazole rings is 1. The number of nitrogen functional groups attached to an aromatic ring is 1. The second-order valence-corrected chi connectivity index (χ2v) is 11.4. The van der Waals surface area contributed by atoms with Crippen LogP contribution in [0.1, 0.15) is 60.6 Å². The molecular formula is C28H31BrN6O3. The van der Waals surface area contributed by atoms with Gasteiger partial charge in [0, 0.05) is 16.7 Å². The smallest absolute Gasteiger partial charge is 0.335 e. The Balaban J connectivity index is 1.16. The van der Waals surface area contributed by atoms with Crippen molar-refractivity contribution in [2.24, 2.45) is 11.8 Å². The molecule has 0 spiro atoms. The summed E-state index contributed by atoms with van der Waals surface area (Å²) >= 11 is 3.52. The zero-order valence-corrected chi connectivity index (χ0v) is 22.9. The molecular weight excluding hydrogens is 548 g/mol. The number of nitrogens with two attached hydrogens (primary N) is 1. The minimum Gasteiger partial charge on any atom is -0.478 e. The molecule has 198 valence electrons. The Bertz CT molecular complexity index is 1500. The normalized spacial score (nSPS) is 16.2. The summed E-state index contributed by atoms with van der Waals surface area (Å²) in [6.45, 7) is 3.21. The van der Waals surface area contributed by atoms with E-state index in [1.165, 1.54) is 12.8 Å². The van der Waals surface area contributed by atoms with Gasteiger partial charge in [0.05, 0.1) is 46.7 Å². The van der Waals surface area contributed by atoms with Crippen LogP contribution in [-0.4, -0.2) is 42.0 Å². The fraction of sp³-hybridized carbons (Fsp3) is 0.429. The van der Waals surface area contributed by atoms with Gasteiger partial charge in [0.15, 0.2) is 0 Å². The van der Waals surface area contributed by atoms with Crippen molar-refractivity contribution in [2.45, 2.75) is 58.0 Å². The Labute approximate surface area is 229 Å². The highest BCUT2D eigenvalue weighted by Crippen LogP contribution is 2.42. The lowest BCUT2D eigenvalue weighted by atomic mass is 9.97. The molecule has 0 unspecified atom stereocenters. The quantitative estimate of drug-likeness (QED) is 0.213. The Morgan fingerprint density at radius 2 is 2.03 bits per heavy atom. The van der Waals surface area contributed by atoms with E-state index in [2.05, 4.69) is 41.6 Å². The van der Waals surface area contributed by atoms with E-state index in [-0.39, 0.29) is 5.56 Å². The monoisotopic (exact) mass is 578 g/mol. The highest BCUT2D eigenvalue weighted by molar-refractivity contribution is 9.10. The average Bonchev–Trinajstić information content (AvgIpc) is 3.82. The van der Waals surface area contributed by atoms with Crippen LogP contribution >= 0.6 is 15.9 Å². The molecule has 2 fully saturated rings. The molecule has 9 nitrogen and oxygen atoms in total. The molecule has 10 heteroatoms. The maximum atomic E-state index is 11.6. The molecule has 38 heavy (non-hydrogen) atoms. The molecule has 0 aliphatic heterocycles. The molecule has 0 amide bonds. The molecule has 2 aliphatic carbocycles. The number of carbonyl (C=O) groups is 1. The van der Waals surface area contributed by atoms with Gasteiger partial charge in [-0.2, -0.15) is 5.10 Å². The summed E-state index contributed by atoms with van der Waals surface area (Å²) in [4.78, 5) is 20.8. The number of benzene rings is 1. The number of fused-ring (bicyclic) bond motifs is 1. The first-order valence-electron chi connectivity index (χ1n) is 13.2. The molecule has 3 heterocycles. The van der Waals surface area contributed by atoms with Crippen LogP contribution < -0.4 is 10.5 Å². The van der Waals surface area contributed by atoms with E-state index in [9.17, 15) is 9.90 Å². The van der Waals surface area contributed by atoms with Gasteiger partial charge >= 0.3 is 5.97 Å². The summed E-state index contributed by atoms with van der Waals surface area (Å²) in [5, 5.41) is 14.1. The SMILES string of the molecule is Cc1cc(C(=O)O)cc(-c2cnn(C3CC3)c2OCCC[C@H](Cn2c(N)nc3cc(Br)ccc32)C2CC2)n1. The Hall–Kier alpha value is -3.40. The van der Waals surface area contributed by atoms with E-state index in [0.29, 0.717) is 47.7 Å². The number of aromatic carboxylic acids is 1. The lowest BCUT2D eigenvalue weighted by molar-refractivity contribution is 0.0696. The number of hydrogen-bond donors (Lipinski definition) is 2. The highest BCUT2D eigenvalue weighted by Gasteiger charge is 2.32. The molecule has 2 aliphatic rings. The van der Waals surface area contributed by atoms with Crippen LogP contribution in [0, 0.1) is 18.8 Å². The van der Waals surface area contributed by atoms with Crippen LogP contribution in [0.4, 0.5) is 5.95 Å². The zero-order chi connectivity index (χ0) is 26.4. The Morgan fingerprint density at radius 1 is 1.21 bits per heavy atom. The van der Waals surface area contributed by atoms with Gasteiger partial charge in [-0.1, -0.05) is 15.9 Å². The summed E-state index contributed by atoms with van der Waals surface area (Å²) in [7, 11) is 0. The second kappa shape index (κ2) is 10.1. The Kier molecular flexibility index (Phi) is 6.59. The zero-order valence-electron chi connectivity index (χ0n) is 21.3. The fourth-order valence-corrected chi connectivity index (χ4v) is 5.63. The Morgan fingerprint density at radius 3 is 2.76 bits per heavy atom. The largest absolute Gasteiger partial charge is 0.478 e. The van der Waals surface area contributed by atoms with Gasteiger partial charge < -0.3 is 20.1 Å². The third-order valence-corrected chi connectivity index (χ3v) is 8.02. The van der Waals surface area contributed by atoms with E-state index in [4.69, 9.17) is 10.5 Å². The predicted molar refractivity (Wildman–Crippen MR) is 148 cm³/mol. The molecule has 3 N–H and O–H groups in total. The molecule has 0 bridgehead atoms. The molecule has 1 atom stereocenters.